The molecule has 82 valence electrons. The van der Waals surface area contributed by atoms with Gasteiger partial charge in [-0.2, -0.15) is 0 Å². The summed E-state index contributed by atoms with van der Waals surface area (Å²) in [5, 5.41) is 8.80. The van der Waals surface area contributed by atoms with Crippen LogP contribution in [-0.4, -0.2) is 17.6 Å². The Morgan fingerprint density at radius 2 is 2.07 bits per heavy atom. The van der Waals surface area contributed by atoms with E-state index in [1.807, 2.05) is 5.43 Å². The zero-order valence-electron chi connectivity index (χ0n) is 8.11. The second kappa shape index (κ2) is 5.43. The molecule has 0 aliphatic carbocycles. The van der Waals surface area contributed by atoms with Crippen LogP contribution in [0.5, 0.6) is 0 Å². The fourth-order valence-electron chi connectivity index (χ4n) is 1.37. The first-order valence-corrected chi connectivity index (χ1v) is 4.55. The van der Waals surface area contributed by atoms with E-state index in [2.05, 4.69) is 0 Å². The van der Waals surface area contributed by atoms with E-state index in [9.17, 15) is 9.18 Å². The van der Waals surface area contributed by atoms with Crippen LogP contribution in [0.15, 0.2) is 24.3 Å². The van der Waals surface area contributed by atoms with E-state index in [4.69, 9.17) is 10.9 Å². The monoisotopic (exact) mass is 212 g/mol. The van der Waals surface area contributed by atoms with Gasteiger partial charge in [0.15, 0.2) is 0 Å². The van der Waals surface area contributed by atoms with Gasteiger partial charge in [-0.15, -0.1) is 0 Å². The van der Waals surface area contributed by atoms with Crippen LogP contribution in [0.4, 0.5) is 4.39 Å². The minimum atomic E-state index is -0.541. The van der Waals surface area contributed by atoms with E-state index >= 15 is 0 Å². The molecule has 15 heavy (non-hydrogen) atoms. The number of rotatable bonds is 4. The Morgan fingerprint density at radius 3 is 2.53 bits per heavy atom. The summed E-state index contributed by atoms with van der Waals surface area (Å²) in [6.45, 7) is -0.130. The van der Waals surface area contributed by atoms with Gasteiger partial charge in [-0.3, -0.25) is 10.2 Å². The van der Waals surface area contributed by atoms with Crippen LogP contribution >= 0.6 is 0 Å². The lowest BCUT2D eigenvalue weighted by atomic mass is 9.95. The maximum Gasteiger partial charge on any atom is 0.241 e. The molecule has 0 aromatic heterocycles. The lowest BCUT2D eigenvalue weighted by molar-refractivity contribution is -0.123. The molecule has 1 amide bonds. The van der Waals surface area contributed by atoms with Crippen LogP contribution < -0.4 is 11.3 Å². The predicted molar refractivity (Wildman–Crippen MR) is 53.2 cm³/mol. The fourth-order valence-corrected chi connectivity index (χ4v) is 1.37. The van der Waals surface area contributed by atoms with Gasteiger partial charge in [0.05, 0.1) is 5.92 Å². The maximum absolute atomic E-state index is 12.6. The lowest BCUT2D eigenvalue weighted by Crippen LogP contribution is -2.35. The number of hydrazine groups is 1. The highest BCUT2D eigenvalue weighted by Crippen LogP contribution is 2.19. The average molecular weight is 212 g/mol. The average Bonchev–Trinajstić information content (AvgIpc) is 2.26. The van der Waals surface area contributed by atoms with Crippen LogP contribution in [0.25, 0.3) is 0 Å². The third-order valence-electron chi connectivity index (χ3n) is 2.15. The van der Waals surface area contributed by atoms with E-state index in [-0.39, 0.29) is 18.8 Å². The number of carbonyl (C=O) groups excluding carboxylic acids is 1. The van der Waals surface area contributed by atoms with Crippen molar-refractivity contribution in [2.75, 3.05) is 6.61 Å². The second-order valence-corrected chi connectivity index (χ2v) is 3.13. The van der Waals surface area contributed by atoms with Crippen molar-refractivity contribution < 1.29 is 14.3 Å². The van der Waals surface area contributed by atoms with Crippen LogP contribution in [0.1, 0.15) is 17.9 Å². The van der Waals surface area contributed by atoms with E-state index in [1.54, 1.807) is 0 Å². The minimum absolute atomic E-state index is 0.130. The molecule has 0 heterocycles. The molecule has 1 aromatic rings. The quantitative estimate of drug-likeness (QED) is 0.381. The van der Waals surface area contributed by atoms with E-state index in [0.717, 1.165) is 0 Å². The Morgan fingerprint density at radius 1 is 1.47 bits per heavy atom. The molecule has 1 aromatic carbocycles. The smallest absolute Gasteiger partial charge is 0.241 e. The Balaban J connectivity index is 2.88. The summed E-state index contributed by atoms with van der Waals surface area (Å²) >= 11 is 0. The molecule has 1 atom stereocenters. The van der Waals surface area contributed by atoms with Gasteiger partial charge in [-0.25, -0.2) is 10.2 Å². The number of hydrogen-bond acceptors (Lipinski definition) is 3. The van der Waals surface area contributed by atoms with Gasteiger partial charge >= 0.3 is 0 Å². The molecule has 0 radical (unpaired) electrons. The summed E-state index contributed by atoms with van der Waals surface area (Å²) in [7, 11) is 0. The highest BCUT2D eigenvalue weighted by Gasteiger charge is 2.18. The molecular formula is C10H13FN2O2. The fraction of sp³-hybridized carbons (Fsp3) is 0.300. The molecule has 0 bridgehead atoms. The number of nitrogens with one attached hydrogen (secondary N) is 1. The van der Waals surface area contributed by atoms with Gasteiger partial charge in [0.25, 0.3) is 0 Å². The molecule has 0 aliphatic rings. The van der Waals surface area contributed by atoms with Crippen molar-refractivity contribution in [3.8, 4) is 0 Å². The van der Waals surface area contributed by atoms with Crippen molar-refractivity contribution in [1.82, 2.24) is 5.43 Å². The topological polar surface area (TPSA) is 75.3 Å². The normalized spacial score (nSPS) is 12.2. The highest BCUT2D eigenvalue weighted by atomic mass is 19.1. The first-order chi connectivity index (χ1) is 7.19. The van der Waals surface area contributed by atoms with Gasteiger partial charge in [-0.05, 0) is 24.1 Å². The number of benzene rings is 1. The number of hydrogen-bond donors (Lipinski definition) is 3. The number of amides is 1. The number of aliphatic hydroxyl groups is 1. The number of aliphatic hydroxyl groups excluding tert-OH is 1. The summed E-state index contributed by atoms with van der Waals surface area (Å²) in [4.78, 5) is 11.3. The van der Waals surface area contributed by atoms with E-state index < -0.39 is 11.8 Å². The Kier molecular flexibility index (Phi) is 4.20. The standard InChI is InChI=1S/C10H13FN2O2/c11-8-3-1-7(2-4-8)9(5-6-14)10(15)13-12/h1-4,9,14H,5-6,12H2,(H,13,15)/t9-/m0/s1. The maximum atomic E-state index is 12.6. The van der Waals surface area contributed by atoms with Gasteiger partial charge in [0.1, 0.15) is 5.82 Å². The summed E-state index contributed by atoms with van der Waals surface area (Å²) < 4.78 is 12.6. The molecule has 4 nitrogen and oxygen atoms in total. The Labute approximate surface area is 86.9 Å². The molecule has 0 spiro atoms. The summed E-state index contributed by atoms with van der Waals surface area (Å²) in [5.41, 5.74) is 2.65. The minimum Gasteiger partial charge on any atom is -0.396 e. The molecule has 4 N–H and O–H groups in total. The molecule has 1 rings (SSSR count). The van der Waals surface area contributed by atoms with Crippen molar-refractivity contribution in [2.24, 2.45) is 5.84 Å². The molecule has 0 unspecified atom stereocenters. The first-order valence-electron chi connectivity index (χ1n) is 4.55. The van der Waals surface area contributed by atoms with Crippen molar-refractivity contribution in [3.05, 3.63) is 35.6 Å². The summed E-state index contributed by atoms with van der Waals surface area (Å²) in [6.07, 6.45) is 0.259. The first kappa shape index (κ1) is 11.6. The number of carbonyl (C=O) groups is 1. The molecule has 5 heteroatoms. The summed E-state index contributed by atoms with van der Waals surface area (Å²) in [6, 6.07) is 5.54. The molecule has 0 saturated carbocycles. The Bertz CT molecular complexity index is 327. The van der Waals surface area contributed by atoms with Gasteiger partial charge < -0.3 is 5.11 Å². The van der Waals surface area contributed by atoms with Crippen LogP contribution in [0.2, 0.25) is 0 Å². The van der Waals surface area contributed by atoms with Crippen LogP contribution in [0.3, 0.4) is 0 Å². The lowest BCUT2D eigenvalue weighted by Gasteiger charge is -2.14. The van der Waals surface area contributed by atoms with Crippen molar-refractivity contribution in [2.45, 2.75) is 12.3 Å². The highest BCUT2D eigenvalue weighted by molar-refractivity contribution is 5.83. The van der Waals surface area contributed by atoms with Crippen molar-refractivity contribution in [1.29, 1.82) is 0 Å². The van der Waals surface area contributed by atoms with Gasteiger partial charge in [-0.1, -0.05) is 12.1 Å². The van der Waals surface area contributed by atoms with E-state index in [0.29, 0.717) is 5.56 Å². The summed E-state index contributed by atoms with van der Waals surface area (Å²) in [5.74, 6) is 3.72. The largest absolute Gasteiger partial charge is 0.396 e. The predicted octanol–water partition coefficient (Wildman–Crippen LogP) is 0.282. The molecule has 0 fully saturated rings. The van der Waals surface area contributed by atoms with Gasteiger partial charge in [0, 0.05) is 6.61 Å². The SMILES string of the molecule is NNC(=O)[C@@H](CCO)c1ccc(F)cc1. The van der Waals surface area contributed by atoms with Crippen molar-refractivity contribution in [3.63, 3.8) is 0 Å². The van der Waals surface area contributed by atoms with Crippen LogP contribution in [0, 0.1) is 5.82 Å². The zero-order chi connectivity index (χ0) is 11.3. The molecule has 0 aliphatic heterocycles. The number of halogens is 1. The van der Waals surface area contributed by atoms with Crippen LogP contribution in [-0.2, 0) is 4.79 Å². The Hall–Kier alpha value is -1.46. The second-order valence-electron chi connectivity index (χ2n) is 3.13. The third kappa shape index (κ3) is 3.00. The molecule has 0 saturated heterocycles. The van der Waals surface area contributed by atoms with E-state index in [1.165, 1.54) is 24.3 Å². The molecular weight excluding hydrogens is 199 g/mol. The van der Waals surface area contributed by atoms with Gasteiger partial charge in [0.2, 0.25) is 5.91 Å². The third-order valence-corrected chi connectivity index (χ3v) is 2.15. The van der Waals surface area contributed by atoms with Crippen molar-refractivity contribution >= 4 is 5.91 Å². The zero-order valence-corrected chi connectivity index (χ0v) is 8.11. The number of nitrogens with two attached hydrogens (primary N) is 1.